The first-order valence-corrected chi connectivity index (χ1v) is 8.10. The summed E-state index contributed by atoms with van der Waals surface area (Å²) in [6, 6.07) is 8.98. The van der Waals surface area contributed by atoms with E-state index in [1.165, 1.54) is 0 Å². The predicted molar refractivity (Wildman–Crippen MR) is 78.0 cm³/mol. The van der Waals surface area contributed by atoms with Gasteiger partial charge in [-0.25, -0.2) is 8.42 Å². The normalized spacial score (nSPS) is 21.1. The topological polar surface area (TPSA) is 62.3 Å². The van der Waals surface area contributed by atoms with Gasteiger partial charge in [0.15, 0.2) is 0 Å². The average Bonchev–Trinajstić information content (AvgIpc) is 2.46. The van der Waals surface area contributed by atoms with Crippen molar-refractivity contribution in [1.82, 2.24) is 14.6 Å². The van der Waals surface area contributed by atoms with Crippen LogP contribution < -0.4 is 5.32 Å². The monoisotopic (exact) mass is 291 g/mol. The molecular formula is C14H17N3O2S. The van der Waals surface area contributed by atoms with Crippen LogP contribution in [-0.4, -0.2) is 43.4 Å². The van der Waals surface area contributed by atoms with Gasteiger partial charge in [0.05, 0.1) is 10.4 Å². The van der Waals surface area contributed by atoms with Crippen LogP contribution in [0.4, 0.5) is 0 Å². The Kier molecular flexibility index (Phi) is 3.45. The van der Waals surface area contributed by atoms with Gasteiger partial charge in [-0.1, -0.05) is 6.07 Å². The molecule has 0 saturated carbocycles. The van der Waals surface area contributed by atoms with E-state index in [9.17, 15) is 8.42 Å². The molecule has 1 saturated heterocycles. The highest BCUT2D eigenvalue weighted by Gasteiger charge is 2.29. The molecule has 0 spiro atoms. The third-order valence-corrected chi connectivity index (χ3v) is 5.48. The van der Waals surface area contributed by atoms with Crippen molar-refractivity contribution in [1.29, 1.82) is 0 Å². The number of sulfonamides is 1. The molecular weight excluding hydrogens is 274 g/mol. The highest BCUT2D eigenvalue weighted by Crippen LogP contribution is 2.25. The maximum atomic E-state index is 12.8. The van der Waals surface area contributed by atoms with Crippen molar-refractivity contribution in [3.63, 3.8) is 0 Å². The van der Waals surface area contributed by atoms with Gasteiger partial charge in [-0.2, -0.15) is 4.31 Å². The van der Waals surface area contributed by atoms with Crippen LogP contribution in [-0.2, 0) is 10.0 Å². The number of pyridine rings is 1. The van der Waals surface area contributed by atoms with E-state index in [4.69, 9.17) is 0 Å². The number of aromatic nitrogens is 1. The zero-order chi connectivity index (χ0) is 14.2. The van der Waals surface area contributed by atoms with Crippen molar-refractivity contribution in [3.8, 4) is 0 Å². The average molecular weight is 291 g/mol. The molecule has 1 unspecified atom stereocenters. The van der Waals surface area contributed by atoms with E-state index in [0.29, 0.717) is 35.4 Å². The number of rotatable bonds is 2. The van der Waals surface area contributed by atoms with Crippen molar-refractivity contribution in [2.45, 2.75) is 17.9 Å². The molecule has 0 aliphatic carbocycles. The molecule has 0 amide bonds. The van der Waals surface area contributed by atoms with Crippen LogP contribution >= 0.6 is 0 Å². The van der Waals surface area contributed by atoms with Gasteiger partial charge in [0, 0.05) is 37.3 Å². The Labute approximate surface area is 118 Å². The molecule has 5 nitrogen and oxygen atoms in total. The van der Waals surface area contributed by atoms with Gasteiger partial charge >= 0.3 is 0 Å². The zero-order valence-corrected chi connectivity index (χ0v) is 12.1. The first-order chi connectivity index (χ1) is 9.59. The van der Waals surface area contributed by atoms with E-state index in [1.807, 2.05) is 13.0 Å². The number of benzene rings is 1. The summed E-state index contributed by atoms with van der Waals surface area (Å²) in [6.45, 7) is 3.68. The highest BCUT2D eigenvalue weighted by atomic mass is 32.2. The van der Waals surface area contributed by atoms with Crippen molar-refractivity contribution < 1.29 is 8.42 Å². The van der Waals surface area contributed by atoms with Crippen LogP contribution in [0.15, 0.2) is 41.4 Å². The summed E-state index contributed by atoms with van der Waals surface area (Å²) in [5.74, 6) is 0. The van der Waals surface area contributed by atoms with Crippen LogP contribution in [0.1, 0.15) is 6.92 Å². The molecule has 1 N–H and O–H groups in total. The van der Waals surface area contributed by atoms with Gasteiger partial charge in [-0.05, 0) is 31.2 Å². The Hall–Kier alpha value is -1.50. The van der Waals surface area contributed by atoms with Gasteiger partial charge in [0.1, 0.15) is 0 Å². The minimum atomic E-state index is -3.47. The zero-order valence-electron chi connectivity index (χ0n) is 11.3. The minimum absolute atomic E-state index is 0.173. The van der Waals surface area contributed by atoms with Crippen LogP contribution in [0.25, 0.3) is 10.9 Å². The van der Waals surface area contributed by atoms with Crippen molar-refractivity contribution in [2.24, 2.45) is 0 Å². The lowest BCUT2D eigenvalue weighted by atomic mass is 10.2. The molecule has 2 heterocycles. The van der Waals surface area contributed by atoms with Crippen molar-refractivity contribution in [2.75, 3.05) is 19.6 Å². The Balaban J connectivity index is 2.09. The largest absolute Gasteiger partial charge is 0.312 e. The number of fused-ring (bicyclic) bond motifs is 1. The SMILES string of the molecule is CC1CN(S(=O)(=O)c2cccc3ncccc23)CCN1. The minimum Gasteiger partial charge on any atom is -0.312 e. The summed E-state index contributed by atoms with van der Waals surface area (Å²) < 4.78 is 27.2. The lowest BCUT2D eigenvalue weighted by Gasteiger charge is -2.31. The fourth-order valence-electron chi connectivity index (χ4n) is 2.55. The third kappa shape index (κ3) is 2.30. The lowest BCUT2D eigenvalue weighted by molar-refractivity contribution is 0.310. The molecule has 1 aliphatic heterocycles. The number of piperazine rings is 1. The van der Waals surface area contributed by atoms with E-state index in [-0.39, 0.29) is 6.04 Å². The summed E-state index contributed by atoms with van der Waals surface area (Å²) in [6.07, 6.45) is 1.67. The number of nitrogens with one attached hydrogen (secondary N) is 1. The van der Waals surface area contributed by atoms with Gasteiger partial charge in [-0.3, -0.25) is 4.98 Å². The number of nitrogens with zero attached hydrogens (tertiary/aromatic N) is 2. The molecule has 1 aliphatic rings. The second-order valence-corrected chi connectivity index (χ2v) is 6.95. The highest BCUT2D eigenvalue weighted by molar-refractivity contribution is 7.89. The molecule has 3 rings (SSSR count). The molecule has 0 bridgehead atoms. The molecule has 0 radical (unpaired) electrons. The number of hydrogen-bond donors (Lipinski definition) is 1. The lowest BCUT2D eigenvalue weighted by Crippen LogP contribution is -2.51. The molecule has 1 atom stereocenters. The quantitative estimate of drug-likeness (QED) is 0.903. The van der Waals surface area contributed by atoms with Crippen molar-refractivity contribution >= 4 is 20.9 Å². The van der Waals surface area contributed by atoms with Crippen LogP contribution in [0.2, 0.25) is 0 Å². The van der Waals surface area contributed by atoms with E-state index < -0.39 is 10.0 Å². The van der Waals surface area contributed by atoms with E-state index in [1.54, 1.807) is 34.8 Å². The van der Waals surface area contributed by atoms with Crippen LogP contribution in [0, 0.1) is 0 Å². The molecule has 1 aromatic carbocycles. The van der Waals surface area contributed by atoms with Gasteiger partial charge < -0.3 is 5.32 Å². The molecule has 1 aromatic heterocycles. The smallest absolute Gasteiger partial charge is 0.243 e. The molecule has 2 aromatic rings. The molecule has 20 heavy (non-hydrogen) atoms. The standard InChI is InChI=1S/C14H17N3O2S/c1-11-10-17(9-8-15-11)20(18,19)14-6-2-5-13-12(14)4-3-7-16-13/h2-7,11,15H,8-10H2,1H3. The molecule has 106 valence electrons. The summed E-state index contributed by atoms with van der Waals surface area (Å²) >= 11 is 0. The summed E-state index contributed by atoms with van der Waals surface area (Å²) in [5.41, 5.74) is 0.705. The Bertz CT molecular complexity index is 725. The Morgan fingerprint density at radius 2 is 2.15 bits per heavy atom. The van der Waals surface area contributed by atoms with Crippen LogP contribution in [0.3, 0.4) is 0 Å². The number of hydrogen-bond acceptors (Lipinski definition) is 4. The first-order valence-electron chi connectivity index (χ1n) is 6.66. The Morgan fingerprint density at radius 1 is 1.30 bits per heavy atom. The second kappa shape index (κ2) is 5.12. The van der Waals surface area contributed by atoms with Crippen molar-refractivity contribution in [3.05, 3.63) is 36.5 Å². The van der Waals surface area contributed by atoms with Gasteiger partial charge in [0.2, 0.25) is 10.0 Å². The fraction of sp³-hybridized carbons (Fsp3) is 0.357. The van der Waals surface area contributed by atoms with Gasteiger partial charge in [-0.15, -0.1) is 0 Å². The van der Waals surface area contributed by atoms with E-state index >= 15 is 0 Å². The summed E-state index contributed by atoms with van der Waals surface area (Å²) in [4.78, 5) is 4.56. The molecule has 1 fully saturated rings. The Morgan fingerprint density at radius 3 is 2.95 bits per heavy atom. The summed E-state index contributed by atoms with van der Waals surface area (Å²) in [7, 11) is -3.47. The predicted octanol–water partition coefficient (Wildman–Crippen LogP) is 1.22. The maximum absolute atomic E-state index is 12.8. The second-order valence-electron chi connectivity index (χ2n) is 5.04. The van der Waals surface area contributed by atoms with Gasteiger partial charge in [0.25, 0.3) is 0 Å². The summed E-state index contributed by atoms with van der Waals surface area (Å²) in [5, 5.41) is 3.94. The maximum Gasteiger partial charge on any atom is 0.243 e. The fourth-order valence-corrected chi connectivity index (χ4v) is 4.29. The molecule has 6 heteroatoms. The van der Waals surface area contributed by atoms with Crippen LogP contribution in [0.5, 0.6) is 0 Å². The third-order valence-electron chi connectivity index (χ3n) is 3.56. The first kappa shape index (κ1) is 13.5. The van der Waals surface area contributed by atoms with E-state index in [0.717, 1.165) is 0 Å². The van der Waals surface area contributed by atoms with E-state index in [2.05, 4.69) is 10.3 Å².